The molecule has 1 saturated heterocycles. The second kappa shape index (κ2) is 10.2. The number of hydrogen-bond donors (Lipinski definition) is 2. The topological polar surface area (TPSA) is 82.5 Å². The Morgan fingerprint density at radius 3 is 2.38 bits per heavy atom. The van der Waals surface area contributed by atoms with Crippen molar-refractivity contribution >= 4 is 57.8 Å². The third-order valence-electron chi connectivity index (χ3n) is 5.07. The molecule has 0 saturated carbocycles. The van der Waals surface area contributed by atoms with Crippen LogP contribution in [-0.2, 0) is 9.59 Å². The van der Waals surface area contributed by atoms with Gasteiger partial charge < -0.3 is 10.1 Å². The number of nitrogens with one attached hydrogen (secondary N) is 2. The van der Waals surface area contributed by atoms with E-state index in [-0.39, 0.29) is 23.6 Å². The van der Waals surface area contributed by atoms with Crippen molar-refractivity contribution < 1.29 is 14.3 Å². The summed E-state index contributed by atoms with van der Waals surface area (Å²) in [6.45, 7) is 3.72. The van der Waals surface area contributed by atoms with E-state index >= 15 is 0 Å². The molecule has 0 aliphatic carbocycles. The molecule has 2 N–H and O–H groups in total. The highest BCUT2D eigenvalue weighted by molar-refractivity contribution is 8.19. The van der Waals surface area contributed by atoms with Crippen LogP contribution in [0.3, 0.4) is 0 Å². The van der Waals surface area contributed by atoms with Gasteiger partial charge in [0.25, 0.3) is 11.8 Å². The molecule has 0 bridgehead atoms. The predicted molar refractivity (Wildman–Crippen MR) is 139 cm³/mol. The number of ether oxygens (including phenoxy) is 1. The predicted octanol–water partition coefficient (Wildman–Crippen LogP) is 6.03. The van der Waals surface area contributed by atoms with Gasteiger partial charge in [0, 0.05) is 16.3 Å². The quantitative estimate of drug-likeness (QED) is 0.412. The summed E-state index contributed by atoms with van der Waals surface area (Å²) in [5.41, 5.74) is 4.02. The van der Waals surface area contributed by atoms with Crippen LogP contribution in [-0.4, -0.2) is 23.6 Å². The Labute approximate surface area is 207 Å². The minimum atomic E-state index is -0.309. The van der Waals surface area contributed by atoms with Crippen LogP contribution in [0.2, 0.25) is 5.02 Å². The SMILES string of the molecule is Cc1ccc(NC(=O)COc2ccc(Cl)cc2/C=C2\SC(=N)N(c3ccc(C)cc3)C2=O)cc1. The van der Waals surface area contributed by atoms with Gasteiger partial charge in [0.2, 0.25) is 0 Å². The Kier molecular flexibility index (Phi) is 7.05. The van der Waals surface area contributed by atoms with Gasteiger partial charge in [-0.05, 0) is 74.1 Å². The molecular formula is C26H22ClN3O3S. The number of benzene rings is 3. The zero-order valence-corrected chi connectivity index (χ0v) is 20.2. The second-order valence-corrected chi connectivity index (χ2v) is 9.24. The maximum absolute atomic E-state index is 13.1. The Bertz CT molecular complexity index is 1290. The third kappa shape index (κ3) is 5.50. The van der Waals surface area contributed by atoms with Gasteiger partial charge in [-0.25, -0.2) is 0 Å². The number of thioether (sulfide) groups is 1. The smallest absolute Gasteiger partial charge is 0.271 e. The first-order valence-electron chi connectivity index (χ1n) is 10.5. The minimum Gasteiger partial charge on any atom is -0.483 e. The monoisotopic (exact) mass is 491 g/mol. The van der Waals surface area contributed by atoms with Crippen LogP contribution in [0, 0.1) is 19.3 Å². The Hall–Kier alpha value is -3.55. The average molecular weight is 492 g/mol. The molecule has 1 heterocycles. The number of carbonyl (C=O) groups is 2. The summed E-state index contributed by atoms with van der Waals surface area (Å²) in [5.74, 6) is -0.206. The number of carbonyl (C=O) groups excluding carboxylic acids is 2. The lowest BCUT2D eigenvalue weighted by atomic mass is 10.1. The van der Waals surface area contributed by atoms with Gasteiger partial charge in [-0.1, -0.05) is 47.0 Å². The summed E-state index contributed by atoms with van der Waals surface area (Å²) in [7, 11) is 0. The van der Waals surface area contributed by atoms with Crippen molar-refractivity contribution in [2.75, 3.05) is 16.8 Å². The van der Waals surface area contributed by atoms with E-state index < -0.39 is 0 Å². The molecule has 6 nitrogen and oxygen atoms in total. The molecular weight excluding hydrogens is 470 g/mol. The molecule has 0 atom stereocenters. The van der Waals surface area contributed by atoms with Crippen LogP contribution in [0.4, 0.5) is 11.4 Å². The highest BCUT2D eigenvalue weighted by Crippen LogP contribution is 2.37. The van der Waals surface area contributed by atoms with E-state index in [1.54, 1.807) is 24.3 Å². The van der Waals surface area contributed by atoms with E-state index in [4.69, 9.17) is 21.7 Å². The zero-order chi connectivity index (χ0) is 24.2. The summed E-state index contributed by atoms with van der Waals surface area (Å²) in [6, 6.07) is 19.8. The van der Waals surface area contributed by atoms with Crippen LogP contribution in [0.1, 0.15) is 16.7 Å². The highest BCUT2D eigenvalue weighted by atomic mass is 35.5. The molecule has 0 aromatic heterocycles. The molecule has 34 heavy (non-hydrogen) atoms. The van der Waals surface area contributed by atoms with Crippen molar-refractivity contribution in [3.63, 3.8) is 0 Å². The first-order chi connectivity index (χ1) is 16.3. The molecule has 172 valence electrons. The largest absolute Gasteiger partial charge is 0.483 e. The Morgan fingerprint density at radius 1 is 1.06 bits per heavy atom. The molecule has 1 fully saturated rings. The van der Waals surface area contributed by atoms with Gasteiger partial charge in [0.15, 0.2) is 11.8 Å². The number of rotatable bonds is 6. The summed E-state index contributed by atoms with van der Waals surface area (Å²) in [6.07, 6.45) is 1.63. The number of nitrogens with zero attached hydrogens (tertiary/aromatic N) is 1. The van der Waals surface area contributed by atoms with Crippen LogP contribution >= 0.6 is 23.4 Å². The van der Waals surface area contributed by atoms with E-state index in [9.17, 15) is 9.59 Å². The second-order valence-electron chi connectivity index (χ2n) is 7.78. The normalized spacial score (nSPS) is 14.6. The summed E-state index contributed by atoms with van der Waals surface area (Å²) in [4.78, 5) is 27.1. The molecule has 1 aliphatic heterocycles. The number of hydrogen-bond acceptors (Lipinski definition) is 5. The van der Waals surface area contributed by atoms with E-state index in [1.807, 2.05) is 62.4 Å². The third-order valence-corrected chi connectivity index (χ3v) is 6.19. The van der Waals surface area contributed by atoms with Gasteiger partial charge in [0.1, 0.15) is 5.75 Å². The van der Waals surface area contributed by atoms with Crippen LogP contribution in [0.5, 0.6) is 5.75 Å². The first kappa shape index (κ1) is 23.6. The van der Waals surface area contributed by atoms with Crippen molar-refractivity contribution in [3.05, 3.63) is 93.3 Å². The van der Waals surface area contributed by atoms with Crippen molar-refractivity contribution in [1.82, 2.24) is 0 Å². The Balaban J connectivity index is 1.51. The van der Waals surface area contributed by atoms with Gasteiger partial charge in [-0.15, -0.1) is 0 Å². The fraction of sp³-hybridized carbons (Fsp3) is 0.115. The van der Waals surface area contributed by atoms with Gasteiger partial charge in [-0.3, -0.25) is 19.9 Å². The molecule has 2 amide bonds. The molecule has 0 radical (unpaired) electrons. The van der Waals surface area contributed by atoms with Crippen LogP contribution < -0.4 is 15.0 Å². The van der Waals surface area contributed by atoms with E-state index in [1.165, 1.54) is 4.90 Å². The van der Waals surface area contributed by atoms with Gasteiger partial charge in [0.05, 0.1) is 10.6 Å². The van der Waals surface area contributed by atoms with Gasteiger partial charge >= 0.3 is 0 Å². The standard InChI is InChI=1S/C26H22ClN3O3S/c1-16-3-8-20(9-4-16)29-24(31)15-33-22-12-7-19(27)13-18(22)14-23-25(32)30(26(28)34-23)21-10-5-17(2)6-11-21/h3-14,28H,15H2,1-2H3,(H,29,31)/b23-14-,28-26?. The number of anilines is 2. The number of amides is 2. The number of halogens is 1. The lowest BCUT2D eigenvalue weighted by Gasteiger charge is -2.14. The number of amidine groups is 1. The fourth-order valence-corrected chi connectivity index (χ4v) is 4.33. The zero-order valence-electron chi connectivity index (χ0n) is 18.6. The van der Waals surface area contributed by atoms with Gasteiger partial charge in [-0.2, -0.15) is 0 Å². The maximum Gasteiger partial charge on any atom is 0.271 e. The fourth-order valence-electron chi connectivity index (χ4n) is 3.30. The van der Waals surface area contributed by atoms with Crippen molar-refractivity contribution in [2.24, 2.45) is 0 Å². The van der Waals surface area contributed by atoms with E-state index in [0.29, 0.717) is 32.6 Å². The minimum absolute atomic E-state index is 0.113. The average Bonchev–Trinajstić information content (AvgIpc) is 3.08. The molecule has 1 aliphatic rings. The summed E-state index contributed by atoms with van der Waals surface area (Å²) >= 11 is 7.24. The summed E-state index contributed by atoms with van der Waals surface area (Å²) in [5, 5.41) is 11.7. The van der Waals surface area contributed by atoms with E-state index in [0.717, 1.165) is 22.9 Å². The Morgan fingerprint density at radius 2 is 1.71 bits per heavy atom. The molecule has 0 unspecified atom stereocenters. The van der Waals surface area contributed by atoms with Crippen LogP contribution in [0.25, 0.3) is 6.08 Å². The lowest BCUT2D eigenvalue weighted by Crippen LogP contribution is -2.28. The molecule has 3 aromatic rings. The van der Waals surface area contributed by atoms with Crippen molar-refractivity contribution in [2.45, 2.75) is 13.8 Å². The molecule has 0 spiro atoms. The summed E-state index contributed by atoms with van der Waals surface area (Å²) < 4.78 is 5.74. The highest BCUT2D eigenvalue weighted by Gasteiger charge is 2.33. The molecule has 8 heteroatoms. The first-order valence-corrected chi connectivity index (χ1v) is 11.7. The molecule has 4 rings (SSSR count). The van der Waals surface area contributed by atoms with Crippen LogP contribution in [0.15, 0.2) is 71.6 Å². The molecule has 3 aromatic carbocycles. The maximum atomic E-state index is 13.1. The van der Waals surface area contributed by atoms with Crippen molar-refractivity contribution in [3.8, 4) is 5.75 Å². The number of aryl methyl sites for hydroxylation is 2. The van der Waals surface area contributed by atoms with E-state index in [2.05, 4.69) is 5.32 Å². The lowest BCUT2D eigenvalue weighted by molar-refractivity contribution is -0.118. The van der Waals surface area contributed by atoms with Crippen molar-refractivity contribution in [1.29, 1.82) is 5.41 Å².